The lowest BCUT2D eigenvalue weighted by molar-refractivity contribution is -0.150. The summed E-state index contributed by atoms with van der Waals surface area (Å²) in [5, 5.41) is 0.514. The number of carbonyl (C=O) groups excluding carboxylic acids is 1. The molecule has 1 saturated carbocycles. The molecule has 0 radical (unpaired) electrons. The number of aromatic amines is 1. The van der Waals surface area contributed by atoms with Crippen LogP contribution in [0.15, 0.2) is 51.9 Å². The van der Waals surface area contributed by atoms with Gasteiger partial charge >= 0.3 is 5.97 Å². The predicted octanol–water partition coefficient (Wildman–Crippen LogP) is 2.92. The van der Waals surface area contributed by atoms with Gasteiger partial charge in [-0.15, -0.1) is 0 Å². The molecule has 1 N–H and O–H groups in total. The summed E-state index contributed by atoms with van der Waals surface area (Å²) in [7, 11) is 0. The van der Waals surface area contributed by atoms with Crippen molar-refractivity contribution in [1.82, 2.24) is 9.97 Å². The van der Waals surface area contributed by atoms with Gasteiger partial charge in [-0.05, 0) is 37.6 Å². The molecule has 0 spiro atoms. The zero-order valence-corrected chi connectivity index (χ0v) is 13.1. The Morgan fingerprint density at radius 1 is 1.33 bits per heavy atom. The first-order chi connectivity index (χ1) is 11.6. The van der Waals surface area contributed by atoms with Crippen LogP contribution < -0.4 is 5.56 Å². The molecule has 0 amide bonds. The Morgan fingerprint density at radius 2 is 2.17 bits per heavy atom. The maximum Gasteiger partial charge on any atom is 0.310 e. The molecule has 1 fully saturated rings. The van der Waals surface area contributed by atoms with Gasteiger partial charge < -0.3 is 14.1 Å². The molecule has 1 aliphatic carbocycles. The molecule has 24 heavy (non-hydrogen) atoms. The second kappa shape index (κ2) is 5.63. The van der Waals surface area contributed by atoms with Crippen LogP contribution in [-0.2, 0) is 9.53 Å². The van der Waals surface area contributed by atoms with E-state index in [-0.39, 0.29) is 23.4 Å². The van der Waals surface area contributed by atoms with Gasteiger partial charge in [-0.1, -0.05) is 12.1 Å². The Bertz CT molecular complexity index is 945. The van der Waals surface area contributed by atoms with Gasteiger partial charge in [0.2, 0.25) is 0 Å². The second-order valence-electron chi connectivity index (χ2n) is 6.01. The van der Waals surface area contributed by atoms with E-state index in [1.54, 1.807) is 31.4 Å². The van der Waals surface area contributed by atoms with Crippen LogP contribution in [0.5, 0.6) is 0 Å². The van der Waals surface area contributed by atoms with Crippen molar-refractivity contribution in [3.05, 3.63) is 64.6 Å². The smallest absolute Gasteiger partial charge is 0.310 e. The minimum atomic E-state index is -0.618. The van der Waals surface area contributed by atoms with E-state index in [1.165, 1.54) is 0 Å². The number of benzene rings is 1. The van der Waals surface area contributed by atoms with Crippen LogP contribution in [0.1, 0.15) is 37.0 Å². The van der Waals surface area contributed by atoms with Gasteiger partial charge in [0, 0.05) is 5.92 Å². The molecule has 6 nitrogen and oxygen atoms in total. The van der Waals surface area contributed by atoms with Crippen LogP contribution in [-0.4, -0.2) is 15.9 Å². The van der Waals surface area contributed by atoms with Crippen molar-refractivity contribution in [2.24, 2.45) is 5.92 Å². The molecular formula is C18H16N2O4. The van der Waals surface area contributed by atoms with Gasteiger partial charge in [0.15, 0.2) is 11.9 Å². The molecule has 1 aliphatic rings. The lowest BCUT2D eigenvalue weighted by atomic mass is 10.2. The van der Waals surface area contributed by atoms with Gasteiger partial charge in [0.05, 0.1) is 23.1 Å². The Labute approximate surface area is 137 Å². The lowest BCUT2D eigenvalue weighted by Crippen LogP contribution is -2.18. The quantitative estimate of drug-likeness (QED) is 0.746. The van der Waals surface area contributed by atoms with Crippen molar-refractivity contribution >= 4 is 16.9 Å². The minimum Gasteiger partial charge on any atom is -0.469 e. The number of hydrogen-bond donors (Lipinski definition) is 1. The summed E-state index contributed by atoms with van der Waals surface area (Å²) in [4.78, 5) is 31.4. The monoisotopic (exact) mass is 324 g/mol. The topological polar surface area (TPSA) is 85.2 Å². The predicted molar refractivity (Wildman–Crippen MR) is 86.4 cm³/mol. The summed E-state index contributed by atoms with van der Waals surface area (Å²) in [5.41, 5.74) is 0.345. The van der Waals surface area contributed by atoms with Crippen molar-refractivity contribution in [1.29, 1.82) is 0 Å². The number of fused-ring (bicyclic) bond motifs is 1. The Hall–Kier alpha value is -2.89. The summed E-state index contributed by atoms with van der Waals surface area (Å²) < 4.78 is 10.8. The fourth-order valence-corrected chi connectivity index (χ4v) is 2.89. The van der Waals surface area contributed by atoms with Gasteiger partial charge in [-0.25, -0.2) is 4.98 Å². The van der Waals surface area contributed by atoms with Crippen LogP contribution in [0.25, 0.3) is 10.9 Å². The highest BCUT2D eigenvalue weighted by molar-refractivity contribution is 5.78. The highest BCUT2D eigenvalue weighted by Gasteiger charge is 2.47. The van der Waals surface area contributed by atoms with Crippen molar-refractivity contribution in [2.75, 3.05) is 0 Å². The summed E-state index contributed by atoms with van der Waals surface area (Å²) in [5.74, 6) is 0.762. The van der Waals surface area contributed by atoms with E-state index in [2.05, 4.69) is 9.97 Å². The molecule has 3 atom stereocenters. The van der Waals surface area contributed by atoms with Crippen LogP contribution in [0.3, 0.4) is 0 Å². The first-order valence-electron chi connectivity index (χ1n) is 7.86. The maximum absolute atomic E-state index is 12.3. The number of ether oxygens (including phenoxy) is 1. The average Bonchev–Trinajstić information content (AvgIpc) is 3.20. The van der Waals surface area contributed by atoms with Crippen LogP contribution >= 0.6 is 0 Å². The largest absolute Gasteiger partial charge is 0.469 e. The summed E-state index contributed by atoms with van der Waals surface area (Å²) in [6.07, 6.45) is 1.70. The number of rotatable bonds is 4. The maximum atomic E-state index is 12.3. The Balaban J connectivity index is 1.49. The Kier molecular flexibility index (Phi) is 3.45. The molecule has 3 unspecified atom stereocenters. The molecule has 0 aliphatic heterocycles. The van der Waals surface area contributed by atoms with Gasteiger partial charge in [0.1, 0.15) is 5.76 Å². The van der Waals surface area contributed by atoms with E-state index in [0.29, 0.717) is 16.7 Å². The lowest BCUT2D eigenvalue weighted by Gasteiger charge is -2.13. The van der Waals surface area contributed by atoms with Gasteiger partial charge in [0.25, 0.3) is 5.56 Å². The Morgan fingerprint density at radius 3 is 2.96 bits per heavy atom. The van der Waals surface area contributed by atoms with Gasteiger partial charge in [-0.3, -0.25) is 9.59 Å². The number of esters is 1. The fourth-order valence-electron chi connectivity index (χ4n) is 2.89. The fraction of sp³-hybridized carbons (Fsp3) is 0.278. The number of carbonyl (C=O) groups is 1. The molecule has 4 rings (SSSR count). The normalized spacial score (nSPS) is 20.7. The van der Waals surface area contributed by atoms with Crippen LogP contribution in [0, 0.1) is 5.92 Å². The van der Waals surface area contributed by atoms with Crippen LogP contribution in [0.2, 0.25) is 0 Å². The van der Waals surface area contributed by atoms with E-state index in [0.717, 1.165) is 12.2 Å². The molecule has 0 bridgehead atoms. The van der Waals surface area contributed by atoms with E-state index in [4.69, 9.17) is 9.15 Å². The molecular weight excluding hydrogens is 308 g/mol. The third kappa shape index (κ3) is 2.60. The van der Waals surface area contributed by atoms with E-state index < -0.39 is 6.10 Å². The molecule has 2 heterocycles. The minimum absolute atomic E-state index is 0.0864. The number of furan rings is 1. The highest BCUT2D eigenvalue weighted by Crippen LogP contribution is 2.48. The average molecular weight is 324 g/mol. The first kappa shape index (κ1) is 14.7. The van der Waals surface area contributed by atoms with E-state index in [9.17, 15) is 9.59 Å². The van der Waals surface area contributed by atoms with Crippen LogP contribution in [0.4, 0.5) is 0 Å². The first-order valence-corrected chi connectivity index (χ1v) is 7.86. The number of aromatic nitrogens is 2. The molecule has 1 aromatic carbocycles. The molecule has 6 heteroatoms. The third-order valence-electron chi connectivity index (χ3n) is 4.31. The zero-order chi connectivity index (χ0) is 16.7. The SMILES string of the molecule is CC(OC(=O)C1CC1c1ccco1)c1nc2ccccc2c(=O)[nH]1. The van der Waals surface area contributed by atoms with Crippen molar-refractivity contribution in [3.8, 4) is 0 Å². The highest BCUT2D eigenvalue weighted by atomic mass is 16.5. The van der Waals surface area contributed by atoms with Crippen molar-refractivity contribution in [2.45, 2.75) is 25.4 Å². The number of H-pyrrole nitrogens is 1. The summed E-state index contributed by atoms with van der Waals surface area (Å²) >= 11 is 0. The number of nitrogens with zero attached hydrogens (tertiary/aromatic N) is 1. The van der Waals surface area contributed by atoms with Gasteiger partial charge in [-0.2, -0.15) is 0 Å². The van der Waals surface area contributed by atoms with Crippen molar-refractivity contribution in [3.63, 3.8) is 0 Å². The second-order valence-corrected chi connectivity index (χ2v) is 6.01. The third-order valence-corrected chi connectivity index (χ3v) is 4.31. The molecule has 3 aromatic rings. The molecule has 122 valence electrons. The number of hydrogen-bond acceptors (Lipinski definition) is 5. The molecule has 0 saturated heterocycles. The summed E-state index contributed by atoms with van der Waals surface area (Å²) in [6, 6.07) is 10.7. The molecule has 2 aromatic heterocycles. The number of nitrogens with one attached hydrogen (secondary N) is 1. The van der Waals surface area contributed by atoms with E-state index >= 15 is 0 Å². The van der Waals surface area contributed by atoms with E-state index in [1.807, 2.05) is 18.2 Å². The standard InChI is InChI=1S/C18H16N2O4/c1-10(16-19-14-6-3-2-5-11(14)17(21)20-16)24-18(22)13-9-12(13)15-7-4-8-23-15/h2-8,10,12-13H,9H2,1H3,(H,19,20,21). The number of para-hydroxylation sites is 1. The van der Waals surface area contributed by atoms with Crippen molar-refractivity contribution < 1.29 is 13.9 Å². The zero-order valence-electron chi connectivity index (χ0n) is 13.1. The summed E-state index contributed by atoms with van der Waals surface area (Å²) in [6.45, 7) is 1.70.